The van der Waals surface area contributed by atoms with Crippen LogP contribution < -0.4 is 5.73 Å². The Hall–Kier alpha value is -4.01. The Balaban J connectivity index is 0.000000149. The van der Waals surface area contributed by atoms with Crippen LogP contribution in [0.1, 0.15) is 80.0 Å². The van der Waals surface area contributed by atoms with Crippen LogP contribution in [-0.4, -0.2) is 57.6 Å². The van der Waals surface area contributed by atoms with E-state index in [1.54, 1.807) is 48.5 Å². The summed E-state index contributed by atoms with van der Waals surface area (Å²) < 4.78 is 0. The molecule has 0 aromatic heterocycles. The van der Waals surface area contributed by atoms with Crippen LogP contribution >= 0.6 is 0 Å². The Kier molecular flexibility index (Phi) is 6.30. The quantitative estimate of drug-likeness (QED) is 0.304. The molecule has 2 N–H and O–H groups in total. The minimum absolute atomic E-state index is 0.0163. The fourth-order valence-electron chi connectivity index (χ4n) is 5.65. The first-order valence-electron chi connectivity index (χ1n) is 12.1. The number of azide groups is 1. The van der Waals surface area contributed by atoms with Gasteiger partial charge in [-0.15, -0.1) is 0 Å². The minimum Gasteiger partial charge on any atom is -0.328 e. The van der Waals surface area contributed by atoms with Gasteiger partial charge in [0, 0.05) is 29.1 Å². The van der Waals surface area contributed by atoms with E-state index in [4.69, 9.17) is 11.3 Å². The lowest BCUT2D eigenvalue weighted by atomic mass is 10.1. The van der Waals surface area contributed by atoms with Crippen molar-refractivity contribution in [1.29, 1.82) is 0 Å². The molecule has 184 valence electrons. The van der Waals surface area contributed by atoms with Gasteiger partial charge in [-0.05, 0) is 68.3 Å². The van der Waals surface area contributed by atoms with Gasteiger partial charge in [-0.2, -0.15) is 0 Å². The third-order valence-electron chi connectivity index (χ3n) is 7.42. The summed E-state index contributed by atoms with van der Waals surface area (Å²) >= 11 is 0. The van der Waals surface area contributed by atoms with Crippen molar-refractivity contribution in [3.8, 4) is 0 Å². The largest absolute Gasteiger partial charge is 0.328 e. The van der Waals surface area contributed by atoms with Gasteiger partial charge in [0.2, 0.25) is 0 Å². The third-order valence-corrected chi connectivity index (χ3v) is 7.42. The first-order chi connectivity index (χ1) is 17.4. The van der Waals surface area contributed by atoms with Gasteiger partial charge in [-0.1, -0.05) is 29.4 Å². The van der Waals surface area contributed by atoms with Gasteiger partial charge >= 0.3 is 0 Å². The summed E-state index contributed by atoms with van der Waals surface area (Å²) in [5.41, 5.74) is 16.3. The smallest absolute Gasteiger partial charge is 0.261 e. The number of carbonyl (C=O) groups excluding carboxylic acids is 4. The molecule has 2 aliphatic heterocycles. The second-order valence-corrected chi connectivity index (χ2v) is 9.60. The molecule has 2 saturated carbocycles. The summed E-state index contributed by atoms with van der Waals surface area (Å²) in [5.74, 6) is -0.784. The average molecular weight is 487 g/mol. The van der Waals surface area contributed by atoms with Gasteiger partial charge in [0.1, 0.15) is 0 Å². The molecule has 0 bridgehead atoms. The van der Waals surface area contributed by atoms with Gasteiger partial charge < -0.3 is 5.73 Å². The summed E-state index contributed by atoms with van der Waals surface area (Å²) in [6, 6.07) is 13.7. The number of hydrogen-bond donors (Lipinski definition) is 1. The SMILES string of the molecule is NC1CCC(N2C(=O)c3ccccc3C2=O)C1.[N-]=[N+]=NC1CCC(N2C(=O)c3ccccc3C2=O)C1. The Bertz CT molecular complexity index is 1230. The lowest BCUT2D eigenvalue weighted by molar-refractivity contribution is 0.0571. The van der Waals surface area contributed by atoms with Crippen molar-refractivity contribution in [2.75, 3.05) is 0 Å². The normalized spacial score (nSPS) is 26.5. The number of hydrogen-bond acceptors (Lipinski definition) is 6. The maximum atomic E-state index is 12.3. The molecule has 2 fully saturated rings. The van der Waals surface area contributed by atoms with Crippen LogP contribution in [0.25, 0.3) is 10.4 Å². The zero-order valence-corrected chi connectivity index (χ0v) is 19.6. The van der Waals surface area contributed by atoms with E-state index >= 15 is 0 Å². The molecule has 0 saturated heterocycles. The molecule has 4 unspecified atom stereocenters. The van der Waals surface area contributed by atoms with Gasteiger partial charge in [0.05, 0.1) is 22.3 Å². The van der Waals surface area contributed by atoms with Gasteiger partial charge in [-0.3, -0.25) is 29.0 Å². The molecule has 36 heavy (non-hydrogen) atoms. The van der Waals surface area contributed by atoms with Crippen molar-refractivity contribution < 1.29 is 19.2 Å². The monoisotopic (exact) mass is 486 g/mol. The molecule has 0 spiro atoms. The predicted molar refractivity (Wildman–Crippen MR) is 130 cm³/mol. The maximum absolute atomic E-state index is 12.3. The summed E-state index contributed by atoms with van der Waals surface area (Å²) in [6.07, 6.45) is 4.43. The van der Waals surface area contributed by atoms with Crippen LogP contribution in [-0.2, 0) is 0 Å². The first kappa shape index (κ1) is 23.7. The summed E-state index contributed by atoms with van der Waals surface area (Å²) in [5, 5.41) is 3.68. The summed E-state index contributed by atoms with van der Waals surface area (Å²) in [7, 11) is 0. The van der Waals surface area contributed by atoms with E-state index in [-0.39, 0.29) is 47.8 Å². The van der Waals surface area contributed by atoms with Crippen LogP contribution in [0.4, 0.5) is 0 Å². The van der Waals surface area contributed by atoms with Gasteiger partial charge in [-0.25, -0.2) is 0 Å². The highest BCUT2D eigenvalue weighted by atomic mass is 16.2. The minimum atomic E-state index is -0.229. The number of rotatable bonds is 3. The summed E-state index contributed by atoms with van der Waals surface area (Å²) in [4.78, 5) is 54.4. The molecule has 0 radical (unpaired) electrons. The van der Waals surface area contributed by atoms with E-state index in [0.717, 1.165) is 25.7 Å². The number of imide groups is 2. The van der Waals surface area contributed by atoms with Crippen LogP contribution in [0.5, 0.6) is 0 Å². The van der Waals surface area contributed by atoms with Crippen molar-refractivity contribution in [2.24, 2.45) is 10.8 Å². The van der Waals surface area contributed by atoms with Gasteiger partial charge in [0.15, 0.2) is 0 Å². The second kappa shape index (κ2) is 9.56. The lowest BCUT2D eigenvalue weighted by Crippen LogP contribution is -2.39. The van der Waals surface area contributed by atoms with E-state index in [2.05, 4.69) is 10.0 Å². The van der Waals surface area contributed by atoms with Crippen LogP contribution in [0.15, 0.2) is 53.6 Å². The molecule has 2 aromatic rings. The number of nitrogens with zero attached hydrogens (tertiary/aromatic N) is 5. The Morgan fingerprint density at radius 3 is 1.50 bits per heavy atom. The molecule has 2 aliphatic carbocycles. The molecular weight excluding hydrogens is 460 g/mol. The van der Waals surface area contributed by atoms with E-state index in [0.29, 0.717) is 35.1 Å². The first-order valence-corrected chi connectivity index (χ1v) is 12.1. The Morgan fingerprint density at radius 2 is 1.11 bits per heavy atom. The maximum Gasteiger partial charge on any atom is 0.261 e. The Morgan fingerprint density at radius 1 is 0.694 bits per heavy atom. The van der Waals surface area contributed by atoms with E-state index in [1.807, 2.05) is 0 Å². The van der Waals surface area contributed by atoms with Crippen LogP contribution in [0.2, 0.25) is 0 Å². The molecule has 4 amide bonds. The molecule has 4 atom stereocenters. The number of carbonyl (C=O) groups is 4. The molecule has 10 heteroatoms. The molecule has 2 heterocycles. The van der Waals surface area contributed by atoms with Crippen molar-refractivity contribution in [2.45, 2.75) is 62.7 Å². The molecule has 2 aromatic carbocycles. The van der Waals surface area contributed by atoms with E-state index < -0.39 is 0 Å². The van der Waals surface area contributed by atoms with E-state index in [1.165, 1.54) is 9.80 Å². The number of nitrogens with two attached hydrogens (primary N) is 1. The van der Waals surface area contributed by atoms with Crippen LogP contribution in [0, 0.1) is 0 Å². The fourth-order valence-corrected chi connectivity index (χ4v) is 5.65. The highest BCUT2D eigenvalue weighted by Gasteiger charge is 2.43. The van der Waals surface area contributed by atoms with Crippen molar-refractivity contribution >= 4 is 23.6 Å². The topological polar surface area (TPSA) is 150 Å². The second-order valence-electron chi connectivity index (χ2n) is 9.60. The highest BCUT2D eigenvalue weighted by Crippen LogP contribution is 2.33. The van der Waals surface area contributed by atoms with Crippen molar-refractivity contribution in [1.82, 2.24) is 9.80 Å². The predicted octanol–water partition coefficient (Wildman–Crippen LogP) is 3.68. The zero-order valence-electron chi connectivity index (χ0n) is 19.6. The van der Waals surface area contributed by atoms with Gasteiger partial charge in [0.25, 0.3) is 23.6 Å². The standard InChI is InChI=1S/C13H12N4O2.C13H14N2O2/c14-16-15-8-5-6-9(7-8)17-12(18)10-3-1-2-4-11(10)13(17)19;14-8-5-6-9(7-8)15-12(16)10-3-1-2-4-11(10)13(15)17/h1-4,8-9H,5-7H2;1-4,8-9H,5-7,14H2. The highest BCUT2D eigenvalue weighted by molar-refractivity contribution is 6.22. The van der Waals surface area contributed by atoms with Crippen LogP contribution in [0.3, 0.4) is 0 Å². The number of benzene rings is 2. The summed E-state index contributed by atoms with van der Waals surface area (Å²) in [6.45, 7) is 0. The zero-order chi connectivity index (χ0) is 25.4. The lowest BCUT2D eigenvalue weighted by Gasteiger charge is -2.21. The fraction of sp³-hybridized carbons (Fsp3) is 0.385. The Labute approximate surface area is 207 Å². The van der Waals surface area contributed by atoms with E-state index in [9.17, 15) is 19.2 Å². The third kappa shape index (κ3) is 4.04. The number of fused-ring (bicyclic) bond motifs is 2. The average Bonchev–Trinajstić information content (AvgIpc) is 3.63. The molecular formula is C26H26N6O4. The number of amides is 4. The molecule has 10 nitrogen and oxygen atoms in total. The molecule has 6 rings (SSSR count). The molecule has 4 aliphatic rings. The van der Waals surface area contributed by atoms with Crippen molar-refractivity contribution in [3.05, 3.63) is 81.2 Å². The van der Waals surface area contributed by atoms with Crippen molar-refractivity contribution in [3.63, 3.8) is 0 Å².